The largest absolute Gasteiger partial charge is 0.459 e. The zero-order valence-corrected chi connectivity index (χ0v) is 9.88. The molecule has 1 aromatic carbocycles. The zero-order valence-electron chi connectivity index (χ0n) is 9.88. The molecule has 1 atom stereocenters. The molecule has 16 heavy (non-hydrogen) atoms. The third-order valence-electron chi connectivity index (χ3n) is 2.04. The van der Waals surface area contributed by atoms with E-state index in [9.17, 15) is 4.79 Å². The van der Waals surface area contributed by atoms with Crippen LogP contribution in [-0.4, -0.2) is 18.3 Å². The Balaban J connectivity index is 2.54. The molecule has 0 fully saturated rings. The molecule has 0 aliphatic rings. The van der Waals surface area contributed by atoms with Crippen molar-refractivity contribution in [2.24, 2.45) is 4.99 Å². The number of aliphatic imine (C=N–C) groups is 1. The van der Waals surface area contributed by atoms with Gasteiger partial charge in [0.15, 0.2) is 0 Å². The van der Waals surface area contributed by atoms with Crippen molar-refractivity contribution >= 4 is 12.2 Å². The highest BCUT2D eigenvalue weighted by molar-refractivity contribution is 6.23. The molecule has 0 amide bonds. The van der Waals surface area contributed by atoms with E-state index in [2.05, 4.69) is 4.99 Å². The highest BCUT2D eigenvalue weighted by Crippen LogP contribution is 2.14. The summed E-state index contributed by atoms with van der Waals surface area (Å²) in [4.78, 5) is 15.4. The number of esters is 1. The summed E-state index contributed by atoms with van der Waals surface area (Å²) in [5, 5.41) is 0. The minimum Gasteiger partial charge on any atom is -0.459 e. The Labute approximate surface area is 96.2 Å². The molecule has 0 aliphatic heterocycles. The SMILES string of the molecule is CC(C)OC(=O)C=N[C@H](C)c1ccccc1. The quantitative estimate of drug-likeness (QED) is 0.577. The Morgan fingerprint density at radius 1 is 1.25 bits per heavy atom. The second kappa shape index (κ2) is 6.05. The summed E-state index contributed by atoms with van der Waals surface area (Å²) in [7, 11) is 0. The summed E-state index contributed by atoms with van der Waals surface area (Å²) in [5.74, 6) is -0.391. The zero-order chi connectivity index (χ0) is 12.0. The third-order valence-corrected chi connectivity index (χ3v) is 2.04. The standard InChI is InChI=1S/C13H17NO2/c1-10(2)16-13(15)9-14-11(3)12-7-5-4-6-8-12/h4-11H,1-3H3/t11-/m1/s1. The van der Waals surface area contributed by atoms with Crippen molar-refractivity contribution in [2.45, 2.75) is 32.9 Å². The number of carbonyl (C=O) groups excluding carboxylic acids is 1. The molecule has 0 heterocycles. The molecule has 0 radical (unpaired) electrons. The van der Waals surface area contributed by atoms with Crippen LogP contribution >= 0.6 is 0 Å². The Morgan fingerprint density at radius 3 is 2.44 bits per heavy atom. The molecule has 3 heteroatoms. The van der Waals surface area contributed by atoms with Gasteiger partial charge in [-0.1, -0.05) is 30.3 Å². The summed E-state index contributed by atoms with van der Waals surface area (Å²) in [5.41, 5.74) is 1.08. The molecule has 1 rings (SSSR count). The van der Waals surface area contributed by atoms with Gasteiger partial charge in [-0.15, -0.1) is 0 Å². The summed E-state index contributed by atoms with van der Waals surface area (Å²) in [6.45, 7) is 5.56. The molecule has 1 aromatic rings. The van der Waals surface area contributed by atoms with Gasteiger partial charge in [0.05, 0.1) is 12.1 Å². The number of hydrogen-bond acceptors (Lipinski definition) is 3. The van der Waals surface area contributed by atoms with E-state index in [1.807, 2.05) is 51.1 Å². The van der Waals surface area contributed by atoms with Crippen LogP contribution in [0.4, 0.5) is 0 Å². The van der Waals surface area contributed by atoms with Crippen molar-refractivity contribution in [1.82, 2.24) is 0 Å². The van der Waals surface area contributed by atoms with E-state index in [-0.39, 0.29) is 12.1 Å². The van der Waals surface area contributed by atoms with E-state index in [1.54, 1.807) is 0 Å². The van der Waals surface area contributed by atoms with Gasteiger partial charge in [-0.05, 0) is 26.3 Å². The summed E-state index contributed by atoms with van der Waals surface area (Å²) in [6.07, 6.45) is 1.14. The van der Waals surface area contributed by atoms with Crippen LogP contribution in [0.3, 0.4) is 0 Å². The second-order valence-corrected chi connectivity index (χ2v) is 3.85. The maximum Gasteiger partial charge on any atom is 0.349 e. The van der Waals surface area contributed by atoms with Gasteiger partial charge in [-0.3, -0.25) is 4.99 Å². The molecular weight excluding hydrogens is 202 g/mol. The lowest BCUT2D eigenvalue weighted by Gasteiger charge is -2.07. The number of ether oxygens (including phenoxy) is 1. The van der Waals surface area contributed by atoms with E-state index < -0.39 is 5.97 Å². The van der Waals surface area contributed by atoms with Gasteiger partial charge >= 0.3 is 5.97 Å². The smallest absolute Gasteiger partial charge is 0.349 e. The molecule has 0 spiro atoms. The molecule has 0 saturated carbocycles. The molecule has 0 saturated heterocycles. The maximum atomic E-state index is 11.2. The van der Waals surface area contributed by atoms with Crippen molar-refractivity contribution in [2.75, 3.05) is 0 Å². The molecular formula is C13H17NO2. The number of hydrogen-bond donors (Lipinski definition) is 0. The Kier molecular flexibility index (Phi) is 4.70. The van der Waals surface area contributed by atoms with Crippen molar-refractivity contribution in [3.63, 3.8) is 0 Å². The number of nitrogens with zero attached hydrogens (tertiary/aromatic N) is 1. The summed E-state index contributed by atoms with van der Waals surface area (Å²) in [6, 6.07) is 9.79. The van der Waals surface area contributed by atoms with Crippen LogP contribution in [0.25, 0.3) is 0 Å². The summed E-state index contributed by atoms with van der Waals surface area (Å²) >= 11 is 0. The van der Waals surface area contributed by atoms with Crippen LogP contribution in [0.5, 0.6) is 0 Å². The Bertz CT molecular complexity index is 357. The first-order chi connectivity index (χ1) is 7.59. The highest BCUT2D eigenvalue weighted by atomic mass is 16.5. The van der Waals surface area contributed by atoms with Crippen molar-refractivity contribution in [1.29, 1.82) is 0 Å². The van der Waals surface area contributed by atoms with E-state index in [4.69, 9.17) is 4.74 Å². The van der Waals surface area contributed by atoms with Gasteiger partial charge < -0.3 is 4.74 Å². The lowest BCUT2D eigenvalue weighted by molar-refractivity contribution is -0.138. The van der Waals surface area contributed by atoms with E-state index in [1.165, 1.54) is 6.21 Å². The van der Waals surface area contributed by atoms with E-state index in [0.717, 1.165) is 5.56 Å². The van der Waals surface area contributed by atoms with Gasteiger partial charge in [-0.25, -0.2) is 4.79 Å². The predicted octanol–water partition coefficient (Wildman–Crippen LogP) is 2.77. The van der Waals surface area contributed by atoms with Gasteiger partial charge in [0.1, 0.15) is 6.21 Å². The van der Waals surface area contributed by atoms with Crippen LogP contribution in [0.2, 0.25) is 0 Å². The summed E-state index contributed by atoms with van der Waals surface area (Å²) < 4.78 is 4.95. The Hall–Kier alpha value is -1.64. The van der Waals surface area contributed by atoms with Gasteiger partial charge in [-0.2, -0.15) is 0 Å². The van der Waals surface area contributed by atoms with Crippen LogP contribution in [0.15, 0.2) is 35.3 Å². The minimum atomic E-state index is -0.391. The van der Waals surface area contributed by atoms with Crippen LogP contribution in [0.1, 0.15) is 32.4 Å². The van der Waals surface area contributed by atoms with Crippen LogP contribution < -0.4 is 0 Å². The van der Waals surface area contributed by atoms with E-state index >= 15 is 0 Å². The van der Waals surface area contributed by atoms with Gasteiger partial charge in [0, 0.05) is 0 Å². The first-order valence-electron chi connectivity index (χ1n) is 5.38. The molecule has 3 nitrogen and oxygen atoms in total. The molecule has 0 aromatic heterocycles. The number of carbonyl (C=O) groups is 1. The Morgan fingerprint density at radius 2 is 1.88 bits per heavy atom. The maximum absolute atomic E-state index is 11.2. The van der Waals surface area contributed by atoms with Crippen molar-refractivity contribution < 1.29 is 9.53 Å². The topological polar surface area (TPSA) is 38.7 Å². The predicted molar refractivity (Wildman–Crippen MR) is 64.6 cm³/mol. The molecule has 0 aliphatic carbocycles. The lowest BCUT2D eigenvalue weighted by Crippen LogP contribution is -2.12. The van der Waals surface area contributed by atoms with Crippen LogP contribution in [0, 0.1) is 0 Å². The third kappa shape index (κ3) is 4.26. The average molecular weight is 219 g/mol. The highest BCUT2D eigenvalue weighted by Gasteiger charge is 2.04. The molecule has 0 N–H and O–H groups in total. The van der Waals surface area contributed by atoms with Crippen LogP contribution in [-0.2, 0) is 9.53 Å². The fourth-order valence-electron chi connectivity index (χ4n) is 1.25. The number of benzene rings is 1. The lowest BCUT2D eigenvalue weighted by atomic mass is 10.1. The first-order valence-corrected chi connectivity index (χ1v) is 5.38. The fraction of sp³-hybridized carbons (Fsp3) is 0.385. The monoisotopic (exact) mass is 219 g/mol. The van der Waals surface area contributed by atoms with Gasteiger partial charge in [0.2, 0.25) is 0 Å². The minimum absolute atomic E-state index is 0.0269. The normalized spacial score (nSPS) is 13.0. The molecule has 0 bridgehead atoms. The van der Waals surface area contributed by atoms with E-state index in [0.29, 0.717) is 0 Å². The van der Waals surface area contributed by atoms with Crippen molar-refractivity contribution in [3.8, 4) is 0 Å². The number of rotatable bonds is 4. The van der Waals surface area contributed by atoms with Crippen molar-refractivity contribution in [3.05, 3.63) is 35.9 Å². The second-order valence-electron chi connectivity index (χ2n) is 3.85. The average Bonchev–Trinajstić information content (AvgIpc) is 2.26. The first kappa shape index (κ1) is 12.4. The van der Waals surface area contributed by atoms with Gasteiger partial charge in [0.25, 0.3) is 0 Å². The molecule has 0 unspecified atom stereocenters. The fourth-order valence-corrected chi connectivity index (χ4v) is 1.25. The molecule has 86 valence electrons.